The molecular weight excluding hydrogens is 410 g/mol. The first-order chi connectivity index (χ1) is 15.0. The molecule has 1 aromatic carbocycles. The van der Waals surface area contributed by atoms with Gasteiger partial charge >= 0.3 is 0 Å². The van der Waals surface area contributed by atoms with Gasteiger partial charge in [0.05, 0.1) is 12.5 Å². The number of nitrogens with zero attached hydrogens (tertiary/aromatic N) is 4. The Labute approximate surface area is 187 Å². The number of hydrogen-bond donors (Lipinski definition) is 1. The highest BCUT2D eigenvalue weighted by Gasteiger charge is 2.28. The van der Waals surface area contributed by atoms with E-state index in [1.54, 1.807) is 11.3 Å². The van der Waals surface area contributed by atoms with E-state index in [1.807, 2.05) is 31.2 Å². The molecule has 0 bridgehead atoms. The number of anilines is 1. The first-order valence-corrected chi connectivity index (χ1v) is 11.6. The zero-order chi connectivity index (χ0) is 21.8. The van der Waals surface area contributed by atoms with E-state index in [2.05, 4.69) is 51.0 Å². The standard InChI is InChI=1S/C23H29N5O2S/c1-4-30-20-11-9-18(10-12-20)14-24-21(29)19-6-5-13-27(15-19)22-25-26-23(31-22)28-16(2)7-8-17(28)3/h7-12,19H,4-6,13-15H2,1-3H3,(H,24,29). The average Bonchev–Trinajstić information content (AvgIpc) is 3.39. The number of piperidine rings is 1. The summed E-state index contributed by atoms with van der Waals surface area (Å²) in [6.07, 6.45) is 1.87. The first kappa shape index (κ1) is 21.4. The molecule has 0 aliphatic carbocycles. The molecule has 3 heterocycles. The number of carbonyl (C=O) groups is 1. The molecule has 3 aromatic rings. The minimum absolute atomic E-state index is 0.0427. The Morgan fingerprint density at radius 2 is 1.84 bits per heavy atom. The number of aromatic nitrogens is 3. The molecule has 0 spiro atoms. The molecular formula is C23H29N5O2S. The SMILES string of the molecule is CCOc1ccc(CNC(=O)C2CCCN(c3nnc(-n4c(C)ccc4C)s3)C2)cc1. The maximum Gasteiger partial charge on any atom is 0.225 e. The van der Waals surface area contributed by atoms with E-state index in [9.17, 15) is 4.79 Å². The quantitative estimate of drug-likeness (QED) is 0.605. The third kappa shape index (κ3) is 4.90. The molecule has 1 aliphatic rings. The Kier molecular flexibility index (Phi) is 6.56. The zero-order valence-electron chi connectivity index (χ0n) is 18.3. The van der Waals surface area contributed by atoms with Crippen LogP contribution < -0.4 is 15.0 Å². The van der Waals surface area contributed by atoms with Gasteiger partial charge in [0.1, 0.15) is 5.75 Å². The second kappa shape index (κ2) is 9.51. The van der Waals surface area contributed by atoms with Crippen LogP contribution >= 0.6 is 11.3 Å². The highest BCUT2D eigenvalue weighted by Crippen LogP contribution is 2.29. The van der Waals surface area contributed by atoms with Gasteiger partial charge in [-0.05, 0) is 63.4 Å². The minimum Gasteiger partial charge on any atom is -0.494 e. The van der Waals surface area contributed by atoms with E-state index in [0.29, 0.717) is 19.7 Å². The second-order valence-electron chi connectivity index (χ2n) is 7.90. The number of ether oxygens (including phenoxy) is 1. The lowest BCUT2D eigenvalue weighted by Gasteiger charge is -2.31. The molecule has 1 amide bonds. The van der Waals surface area contributed by atoms with Gasteiger partial charge in [-0.25, -0.2) is 0 Å². The van der Waals surface area contributed by atoms with Crippen LogP contribution in [0.4, 0.5) is 5.13 Å². The normalized spacial score (nSPS) is 16.4. The Morgan fingerprint density at radius 3 is 2.55 bits per heavy atom. The highest BCUT2D eigenvalue weighted by atomic mass is 32.1. The summed E-state index contributed by atoms with van der Waals surface area (Å²) in [5.74, 6) is 0.904. The smallest absolute Gasteiger partial charge is 0.225 e. The number of aryl methyl sites for hydroxylation is 2. The summed E-state index contributed by atoms with van der Waals surface area (Å²) in [5, 5.41) is 13.7. The Hall–Kier alpha value is -2.87. The summed E-state index contributed by atoms with van der Waals surface area (Å²) in [6.45, 7) is 8.85. The second-order valence-corrected chi connectivity index (χ2v) is 8.83. The monoisotopic (exact) mass is 439 g/mol. The summed E-state index contributed by atoms with van der Waals surface area (Å²) in [6, 6.07) is 12.0. The number of nitrogens with one attached hydrogen (secondary N) is 1. The van der Waals surface area contributed by atoms with Crippen LogP contribution in [-0.4, -0.2) is 40.4 Å². The van der Waals surface area contributed by atoms with Gasteiger partial charge in [0.25, 0.3) is 0 Å². The summed E-state index contributed by atoms with van der Waals surface area (Å²) in [5.41, 5.74) is 3.35. The summed E-state index contributed by atoms with van der Waals surface area (Å²) >= 11 is 1.58. The lowest BCUT2D eigenvalue weighted by Crippen LogP contribution is -2.43. The molecule has 4 rings (SSSR count). The molecule has 164 valence electrons. The van der Waals surface area contributed by atoms with E-state index in [-0.39, 0.29) is 11.8 Å². The summed E-state index contributed by atoms with van der Waals surface area (Å²) in [7, 11) is 0. The topological polar surface area (TPSA) is 72.3 Å². The van der Waals surface area contributed by atoms with Gasteiger partial charge in [0.2, 0.25) is 16.2 Å². The Bertz CT molecular complexity index is 1010. The molecule has 1 saturated heterocycles. The molecule has 2 aromatic heterocycles. The lowest BCUT2D eigenvalue weighted by atomic mass is 9.97. The van der Waals surface area contributed by atoms with Crippen molar-refractivity contribution in [1.82, 2.24) is 20.1 Å². The largest absolute Gasteiger partial charge is 0.494 e. The van der Waals surface area contributed by atoms with Gasteiger partial charge in [-0.3, -0.25) is 9.36 Å². The number of amides is 1. The van der Waals surface area contributed by atoms with E-state index < -0.39 is 0 Å². The first-order valence-electron chi connectivity index (χ1n) is 10.8. The molecule has 1 atom stereocenters. The minimum atomic E-state index is -0.0427. The third-order valence-electron chi connectivity index (χ3n) is 5.63. The predicted molar refractivity (Wildman–Crippen MR) is 123 cm³/mol. The van der Waals surface area contributed by atoms with Crippen molar-refractivity contribution < 1.29 is 9.53 Å². The van der Waals surface area contributed by atoms with Crippen molar-refractivity contribution in [3.8, 4) is 10.9 Å². The number of carbonyl (C=O) groups excluding carboxylic acids is 1. The fourth-order valence-electron chi connectivity index (χ4n) is 3.96. The molecule has 0 saturated carbocycles. The van der Waals surface area contributed by atoms with Gasteiger partial charge in [-0.15, -0.1) is 10.2 Å². The van der Waals surface area contributed by atoms with Gasteiger partial charge in [0.15, 0.2) is 0 Å². The molecule has 1 fully saturated rings. The number of hydrogen-bond acceptors (Lipinski definition) is 6. The van der Waals surface area contributed by atoms with Crippen LogP contribution in [0.2, 0.25) is 0 Å². The highest BCUT2D eigenvalue weighted by molar-refractivity contribution is 7.17. The van der Waals surface area contributed by atoms with Gasteiger partial charge in [-0.2, -0.15) is 0 Å². The van der Waals surface area contributed by atoms with Crippen molar-refractivity contribution in [1.29, 1.82) is 0 Å². The fourth-order valence-corrected chi connectivity index (χ4v) is 4.97. The van der Waals surface area contributed by atoms with Crippen LogP contribution in [0.3, 0.4) is 0 Å². The van der Waals surface area contributed by atoms with E-state index in [4.69, 9.17) is 4.74 Å². The number of benzene rings is 1. The van der Waals surface area contributed by atoms with Gasteiger partial charge in [-0.1, -0.05) is 23.5 Å². The van der Waals surface area contributed by atoms with Crippen molar-refractivity contribution in [3.05, 3.63) is 53.3 Å². The summed E-state index contributed by atoms with van der Waals surface area (Å²) in [4.78, 5) is 15.0. The molecule has 0 radical (unpaired) electrons. The van der Waals surface area contributed by atoms with Crippen molar-refractivity contribution in [2.75, 3.05) is 24.6 Å². The van der Waals surface area contributed by atoms with E-state index in [1.165, 1.54) is 0 Å². The molecule has 1 aliphatic heterocycles. The molecule has 1 unspecified atom stereocenters. The van der Waals surface area contributed by atoms with E-state index in [0.717, 1.165) is 52.4 Å². The summed E-state index contributed by atoms with van der Waals surface area (Å²) < 4.78 is 7.59. The molecule has 7 nitrogen and oxygen atoms in total. The van der Waals surface area contributed by atoms with Crippen LogP contribution in [0.15, 0.2) is 36.4 Å². The van der Waals surface area contributed by atoms with Crippen molar-refractivity contribution in [2.45, 2.75) is 40.2 Å². The van der Waals surface area contributed by atoms with Crippen LogP contribution in [-0.2, 0) is 11.3 Å². The van der Waals surface area contributed by atoms with E-state index >= 15 is 0 Å². The molecule has 1 N–H and O–H groups in total. The maximum absolute atomic E-state index is 12.8. The van der Waals surface area contributed by atoms with Crippen molar-refractivity contribution >= 4 is 22.4 Å². The van der Waals surface area contributed by atoms with Crippen molar-refractivity contribution in [3.63, 3.8) is 0 Å². The number of rotatable bonds is 7. The zero-order valence-corrected chi connectivity index (χ0v) is 19.1. The van der Waals surface area contributed by atoms with Crippen LogP contribution in [0.5, 0.6) is 5.75 Å². The molecule has 31 heavy (non-hydrogen) atoms. The van der Waals surface area contributed by atoms with Crippen LogP contribution in [0.25, 0.3) is 5.13 Å². The van der Waals surface area contributed by atoms with Gasteiger partial charge in [0, 0.05) is 31.0 Å². The fraction of sp³-hybridized carbons (Fsp3) is 0.435. The predicted octanol–water partition coefficient (Wildman–Crippen LogP) is 3.88. The van der Waals surface area contributed by atoms with Gasteiger partial charge < -0.3 is 15.0 Å². The average molecular weight is 440 g/mol. The van der Waals surface area contributed by atoms with Crippen LogP contribution in [0, 0.1) is 19.8 Å². The van der Waals surface area contributed by atoms with Crippen LogP contribution in [0.1, 0.15) is 36.7 Å². The Balaban J connectivity index is 1.35. The Morgan fingerprint density at radius 1 is 1.13 bits per heavy atom. The lowest BCUT2D eigenvalue weighted by molar-refractivity contribution is -0.125. The maximum atomic E-state index is 12.8. The third-order valence-corrected chi connectivity index (χ3v) is 6.60. The molecule has 8 heteroatoms. The van der Waals surface area contributed by atoms with Crippen molar-refractivity contribution in [2.24, 2.45) is 5.92 Å².